The lowest BCUT2D eigenvalue weighted by Gasteiger charge is -2.34. The van der Waals surface area contributed by atoms with E-state index in [0.29, 0.717) is 24.2 Å². The molecule has 0 radical (unpaired) electrons. The third-order valence-electron chi connectivity index (χ3n) is 4.97. The fourth-order valence-corrected chi connectivity index (χ4v) is 3.76. The van der Waals surface area contributed by atoms with Crippen LogP contribution in [0.4, 0.5) is 0 Å². The molecule has 5 heteroatoms. The largest absolute Gasteiger partial charge is 0.444 e. The van der Waals surface area contributed by atoms with E-state index in [1.54, 1.807) is 12.4 Å². The Labute approximate surface area is 151 Å². The van der Waals surface area contributed by atoms with Crippen LogP contribution in [0.2, 0.25) is 0 Å². The van der Waals surface area contributed by atoms with Gasteiger partial charge in [0.15, 0.2) is 5.78 Å². The fourth-order valence-electron chi connectivity index (χ4n) is 3.76. The van der Waals surface area contributed by atoms with Crippen LogP contribution in [0.5, 0.6) is 0 Å². The van der Waals surface area contributed by atoms with Crippen LogP contribution >= 0.6 is 0 Å². The van der Waals surface area contributed by atoms with Gasteiger partial charge in [-0.15, -0.1) is 0 Å². The lowest BCUT2D eigenvalue weighted by molar-refractivity contribution is -0.117. The van der Waals surface area contributed by atoms with Crippen molar-refractivity contribution >= 4 is 5.78 Å². The first-order valence-corrected chi connectivity index (χ1v) is 8.47. The number of hydrogen-bond donors (Lipinski definition) is 1. The summed E-state index contributed by atoms with van der Waals surface area (Å²) in [4.78, 5) is 17.1. The molecule has 0 spiro atoms. The highest BCUT2D eigenvalue weighted by Crippen LogP contribution is 2.46. The molecule has 1 aromatic heterocycles. The zero-order valence-electron chi connectivity index (χ0n) is 14.1. The number of nitrogens with two attached hydrogens (primary N) is 1. The first-order chi connectivity index (χ1) is 12.7. The quantitative estimate of drug-likeness (QED) is 0.904. The average Bonchev–Trinajstić information content (AvgIpc) is 2.68. The molecule has 0 saturated heterocycles. The van der Waals surface area contributed by atoms with E-state index >= 15 is 0 Å². The SMILES string of the molecule is N#CC1=C(N)OC2=C(C(=O)C[C@H](c3ccccc3)C2)[C@H]1c1ccncc1. The molecule has 128 valence electrons. The first-order valence-electron chi connectivity index (χ1n) is 8.47. The second-order valence-electron chi connectivity index (χ2n) is 6.48. The molecule has 5 nitrogen and oxygen atoms in total. The molecule has 4 rings (SSSR count). The highest BCUT2D eigenvalue weighted by atomic mass is 16.5. The highest BCUT2D eigenvalue weighted by molar-refractivity contribution is 6.00. The maximum Gasteiger partial charge on any atom is 0.205 e. The Morgan fingerprint density at radius 3 is 2.50 bits per heavy atom. The molecule has 2 atom stereocenters. The van der Waals surface area contributed by atoms with Gasteiger partial charge in [0, 0.05) is 30.8 Å². The summed E-state index contributed by atoms with van der Waals surface area (Å²) in [6.07, 6.45) is 4.28. The van der Waals surface area contributed by atoms with E-state index in [1.165, 1.54) is 0 Å². The van der Waals surface area contributed by atoms with Crippen LogP contribution in [0.15, 0.2) is 77.6 Å². The smallest absolute Gasteiger partial charge is 0.205 e. The van der Waals surface area contributed by atoms with Crippen molar-refractivity contribution in [1.82, 2.24) is 4.98 Å². The summed E-state index contributed by atoms with van der Waals surface area (Å²) in [5.41, 5.74) is 8.78. The zero-order valence-corrected chi connectivity index (χ0v) is 14.1. The number of carbonyl (C=O) groups is 1. The summed E-state index contributed by atoms with van der Waals surface area (Å²) in [6, 6.07) is 15.7. The van der Waals surface area contributed by atoms with Gasteiger partial charge in [0.25, 0.3) is 0 Å². The van der Waals surface area contributed by atoms with Gasteiger partial charge in [-0.1, -0.05) is 30.3 Å². The van der Waals surface area contributed by atoms with Crippen molar-refractivity contribution in [2.75, 3.05) is 0 Å². The third kappa shape index (κ3) is 2.66. The van der Waals surface area contributed by atoms with E-state index in [0.717, 1.165) is 11.1 Å². The van der Waals surface area contributed by atoms with E-state index in [9.17, 15) is 10.1 Å². The Morgan fingerprint density at radius 1 is 1.08 bits per heavy atom. The molecule has 1 aromatic carbocycles. The van der Waals surface area contributed by atoms with E-state index in [-0.39, 0.29) is 23.2 Å². The summed E-state index contributed by atoms with van der Waals surface area (Å²) >= 11 is 0. The van der Waals surface area contributed by atoms with Gasteiger partial charge in [-0.3, -0.25) is 9.78 Å². The van der Waals surface area contributed by atoms with Gasteiger partial charge in [0.2, 0.25) is 5.88 Å². The topological polar surface area (TPSA) is 89.0 Å². The molecule has 0 saturated carbocycles. The number of aromatic nitrogens is 1. The van der Waals surface area contributed by atoms with Crippen molar-refractivity contribution in [1.29, 1.82) is 5.26 Å². The molecule has 1 aliphatic heterocycles. The molecule has 0 fully saturated rings. The Kier molecular flexibility index (Phi) is 4.02. The third-order valence-corrected chi connectivity index (χ3v) is 4.97. The normalized spacial score (nSPS) is 22.5. The molecular formula is C21H17N3O2. The van der Waals surface area contributed by atoms with Crippen molar-refractivity contribution in [3.8, 4) is 6.07 Å². The lowest BCUT2D eigenvalue weighted by atomic mass is 9.74. The molecular weight excluding hydrogens is 326 g/mol. The van der Waals surface area contributed by atoms with Crippen LogP contribution in [0, 0.1) is 11.3 Å². The number of pyridine rings is 1. The van der Waals surface area contributed by atoms with Crippen molar-refractivity contribution in [3.05, 3.63) is 88.8 Å². The predicted octanol–water partition coefficient (Wildman–Crippen LogP) is 3.29. The molecule has 2 N–H and O–H groups in total. The summed E-state index contributed by atoms with van der Waals surface area (Å²) in [5.74, 6) is 0.220. The molecule has 2 aromatic rings. The number of allylic oxidation sites excluding steroid dienone is 3. The van der Waals surface area contributed by atoms with Crippen molar-refractivity contribution in [2.45, 2.75) is 24.7 Å². The van der Waals surface area contributed by atoms with Crippen molar-refractivity contribution in [3.63, 3.8) is 0 Å². The van der Waals surface area contributed by atoms with E-state index in [1.807, 2.05) is 42.5 Å². The van der Waals surface area contributed by atoms with E-state index in [4.69, 9.17) is 10.5 Å². The van der Waals surface area contributed by atoms with Crippen LogP contribution < -0.4 is 5.73 Å². The van der Waals surface area contributed by atoms with Crippen molar-refractivity contribution in [2.24, 2.45) is 5.73 Å². The number of benzene rings is 1. The van der Waals surface area contributed by atoms with E-state index < -0.39 is 5.92 Å². The molecule has 0 amide bonds. The number of carbonyl (C=O) groups excluding carboxylic acids is 1. The summed E-state index contributed by atoms with van der Waals surface area (Å²) in [6.45, 7) is 0. The Morgan fingerprint density at radius 2 is 1.81 bits per heavy atom. The second-order valence-corrected chi connectivity index (χ2v) is 6.48. The molecule has 2 heterocycles. The van der Waals surface area contributed by atoms with E-state index in [2.05, 4.69) is 11.1 Å². The maximum absolute atomic E-state index is 13.0. The summed E-state index contributed by atoms with van der Waals surface area (Å²) in [5, 5.41) is 9.58. The Bertz CT molecular complexity index is 956. The Hall–Kier alpha value is -3.39. The summed E-state index contributed by atoms with van der Waals surface area (Å²) in [7, 11) is 0. The van der Waals surface area contributed by atoms with Crippen LogP contribution in [0.3, 0.4) is 0 Å². The number of ether oxygens (including phenoxy) is 1. The number of Topliss-reactive ketones (excluding diaryl/α,β-unsaturated/α-hetero) is 1. The summed E-state index contributed by atoms with van der Waals surface area (Å²) < 4.78 is 5.75. The number of ketones is 1. The van der Waals surface area contributed by atoms with Crippen LogP contribution in [0.1, 0.15) is 35.8 Å². The average molecular weight is 343 g/mol. The number of hydrogen-bond acceptors (Lipinski definition) is 5. The molecule has 26 heavy (non-hydrogen) atoms. The maximum atomic E-state index is 13.0. The molecule has 0 unspecified atom stereocenters. The monoisotopic (exact) mass is 343 g/mol. The van der Waals surface area contributed by atoms with Gasteiger partial charge in [-0.05, 0) is 29.2 Å². The first kappa shape index (κ1) is 16.1. The number of nitriles is 1. The number of nitrogens with zero attached hydrogens (tertiary/aromatic N) is 2. The van der Waals surface area contributed by atoms with Gasteiger partial charge >= 0.3 is 0 Å². The van der Waals surface area contributed by atoms with Crippen molar-refractivity contribution < 1.29 is 9.53 Å². The highest BCUT2D eigenvalue weighted by Gasteiger charge is 2.40. The fraction of sp³-hybridized carbons (Fsp3) is 0.190. The van der Waals surface area contributed by atoms with Crippen LogP contribution in [-0.2, 0) is 9.53 Å². The van der Waals surface area contributed by atoms with Gasteiger partial charge in [0.1, 0.15) is 17.4 Å². The molecule has 0 bridgehead atoms. The standard InChI is InChI=1S/C21H17N3O2/c22-12-16-19(14-6-8-24-9-7-14)20-17(25)10-15(11-18(20)26-21(16)23)13-4-2-1-3-5-13/h1-9,15,19H,10-11,23H2/t15-,19-/m0/s1. The second kappa shape index (κ2) is 6.49. The minimum absolute atomic E-state index is 0.00200. The van der Waals surface area contributed by atoms with Gasteiger partial charge in [-0.2, -0.15) is 5.26 Å². The van der Waals surface area contributed by atoms with Crippen LogP contribution in [0.25, 0.3) is 0 Å². The predicted molar refractivity (Wildman–Crippen MR) is 95.3 cm³/mol. The van der Waals surface area contributed by atoms with Gasteiger partial charge in [-0.25, -0.2) is 0 Å². The lowest BCUT2D eigenvalue weighted by Crippen LogP contribution is -2.29. The molecule has 1 aliphatic carbocycles. The van der Waals surface area contributed by atoms with Gasteiger partial charge in [0.05, 0.1) is 5.92 Å². The minimum atomic E-state index is -0.490. The minimum Gasteiger partial charge on any atom is -0.444 e. The van der Waals surface area contributed by atoms with Crippen LogP contribution in [-0.4, -0.2) is 10.8 Å². The zero-order chi connectivity index (χ0) is 18.1. The molecule has 2 aliphatic rings. The van der Waals surface area contributed by atoms with Gasteiger partial charge < -0.3 is 10.5 Å². The number of rotatable bonds is 2. The Balaban J connectivity index is 1.79.